The van der Waals surface area contributed by atoms with E-state index < -0.39 is 5.97 Å². The summed E-state index contributed by atoms with van der Waals surface area (Å²) in [4.78, 5) is 26.9. The smallest absolute Gasteiger partial charge is 0.338 e. The van der Waals surface area contributed by atoms with Gasteiger partial charge in [-0.2, -0.15) is 0 Å². The van der Waals surface area contributed by atoms with Crippen LogP contribution in [0.5, 0.6) is 23.0 Å². The van der Waals surface area contributed by atoms with Crippen molar-refractivity contribution < 1.29 is 53.7 Å². The van der Waals surface area contributed by atoms with Crippen molar-refractivity contribution in [3.63, 3.8) is 0 Å². The largest absolute Gasteiger partial charge is 1.00 e. The number of aromatic carboxylic acids is 1. The number of esters is 1. The molecule has 6 aromatic rings. The van der Waals surface area contributed by atoms with Crippen molar-refractivity contribution in [1.29, 1.82) is 0 Å². The fourth-order valence-electron chi connectivity index (χ4n) is 7.89. The summed E-state index contributed by atoms with van der Waals surface area (Å²) in [5.41, 5.74) is 10.3. The van der Waals surface area contributed by atoms with Gasteiger partial charge in [-0.15, -0.1) is 0 Å². The molecule has 0 amide bonds. The van der Waals surface area contributed by atoms with Gasteiger partial charge >= 0.3 is 11.9 Å². The fourth-order valence-corrected chi connectivity index (χ4v) is 7.89. The molecular formula is C52H50Cl2N2O6-2. The Morgan fingerprint density at radius 2 is 1.26 bits per heavy atom. The molecule has 0 unspecified atom stereocenters. The highest BCUT2D eigenvalue weighted by atomic mass is 35.5. The summed E-state index contributed by atoms with van der Waals surface area (Å²) < 4.78 is 17.9. The van der Waals surface area contributed by atoms with Gasteiger partial charge in [0.25, 0.3) is 0 Å². The van der Waals surface area contributed by atoms with Gasteiger partial charge < -0.3 is 54.3 Å². The first kappa shape index (κ1) is 46.6. The zero-order chi connectivity index (χ0) is 42.7. The van der Waals surface area contributed by atoms with Crippen molar-refractivity contribution in [1.82, 2.24) is 0 Å². The summed E-state index contributed by atoms with van der Waals surface area (Å²) in [6.45, 7) is 23.3. The van der Waals surface area contributed by atoms with Gasteiger partial charge in [-0.1, -0.05) is 61.7 Å². The average Bonchev–Trinajstić information content (AvgIpc) is 3.24. The normalized spacial score (nSPS) is 11.6. The molecule has 8 rings (SSSR count). The fraction of sp³-hybridized carbons (Fsp3) is 0.192. The van der Waals surface area contributed by atoms with Crippen LogP contribution in [0.15, 0.2) is 109 Å². The van der Waals surface area contributed by atoms with Gasteiger partial charge in [-0.3, -0.25) is 0 Å². The first-order valence-electron chi connectivity index (χ1n) is 20.4. The lowest BCUT2D eigenvalue weighted by Crippen LogP contribution is -3.00. The van der Waals surface area contributed by atoms with E-state index in [4.69, 9.17) is 14.2 Å². The molecular weight excluding hydrogens is 819 g/mol. The molecule has 2 heterocycles. The van der Waals surface area contributed by atoms with Crippen LogP contribution in [0.25, 0.3) is 24.3 Å². The minimum Gasteiger partial charge on any atom is -1.00 e. The molecule has 6 aromatic carbocycles. The Balaban J connectivity index is 0.000000227. The number of fused-ring (bicyclic) bond motifs is 4. The number of benzene rings is 6. The number of carboxylic acids is 1. The zero-order valence-electron chi connectivity index (χ0n) is 35.8. The second-order valence-electron chi connectivity index (χ2n) is 14.7. The van der Waals surface area contributed by atoms with E-state index in [2.05, 4.69) is 69.3 Å². The topological polar surface area (TPSA) is 97.3 Å². The highest BCUT2D eigenvalue weighted by molar-refractivity contribution is 6.00. The Hall–Kier alpha value is -6.48. The molecule has 10 heteroatoms. The molecule has 0 radical (unpaired) electrons. The number of rotatable bonds is 10. The zero-order valence-corrected chi connectivity index (χ0v) is 37.3. The van der Waals surface area contributed by atoms with Crippen molar-refractivity contribution in [2.24, 2.45) is 0 Å². The van der Waals surface area contributed by atoms with Crippen molar-refractivity contribution in [2.75, 3.05) is 36.5 Å². The first-order chi connectivity index (χ1) is 29.0. The van der Waals surface area contributed by atoms with Gasteiger partial charge in [0.15, 0.2) is 0 Å². The Morgan fingerprint density at radius 3 is 1.90 bits per heavy atom. The molecule has 2 aliphatic rings. The summed E-state index contributed by atoms with van der Waals surface area (Å²) in [7, 11) is 0. The van der Waals surface area contributed by atoms with Gasteiger partial charge in [-0.25, -0.2) is 9.59 Å². The van der Waals surface area contributed by atoms with Gasteiger partial charge in [0.05, 0.1) is 17.7 Å². The molecule has 8 nitrogen and oxygen atoms in total. The van der Waals surface area contributed by atoms with Crippen molar-refractivity contribution in [3.05, 3.63) is 175 Å². The van der Waals surface area contributed by atoms with E-state index in [1.54, 1.807) is 12.1 Å². The third kappa shape index (κ3) is 9.08. The van der Waals surface area contributed by atoms with Crippen molar-refractivity contribution in [3.8, 4) is 23.0 Å². The molecule has 0 saturated heterocycles. The maximum absolute atomic E-state index is 12.8. The standard InChI is InChI=1S/C27H27NO3.C25H23NO3.2ClH/c1-6-28-23-15-25-22(13-18(23)5)26(21-12-16(3)17(4)14-24(21)31-25)19-10-8-9-11-20(19)27(29)30-7-2;1-4-26(5-2)17-11-13-21-23(15-17)29-22-14-16(3)10-12-20(22)24(21)18-8-6-7-9-19(18)25(27)28;;/h8-15,28H,4,6-7H2,1-3,5H3;6-15H,3-5H2,1-2H3,(H,27,28);2*1H/p-2. The summed E-state index contributed by atoms with van der Waals surface area (Å²) in [6, 6.07) is 34.8. The maximum atomic E-state index is 12.8. The van der Waals surface area contributed by atoms with Crippen LogP contribution in [0.3, 0.4) is 0 Å². The molecule has 0 aromatic heterocycles. The lowest BCUT2D eigenvalue weighted by atomic mass is 9.88. The van der Waals surface area contributed by atoms with E-state index >= 15 is 0 Å². The van der Waals surface area contributed by atoms with E-state index in [0.29, 0.717) is 23.5 Å². The highest BCUT2D eigenvalue weighted by Crippen LogP contribution is 2.41. The average molecular weight is 870 g/mol. The van der Waals surface area contributed by atoms with Crippen LogP contribution in [-0.4, -0.2) is 43.3 Å². The molecule has 0 bridgehead atoms. The Kier molecular flexibility index (Phi) is 15.0. The summed E-state index contributed by atoms with van der Waals surface area (Å²) >= 11 is 0. The third-order valence-electron chi connectivity index (χ3n) is 10.9. The van der Waals surface area contributed by atoms with Gasteiger partial charge in [0.2, 0.25) is 0 Å². The minimum atomic E-state index is -0.948. The van der Waals surface area contributed by atoms with E-state index in [-0.39, 0.29) is 36.3 Å². The van der Waals surface area contributed by atoms with E-state index in [0.717, 1.165) is 108 Å². The number of nitrogens with one attached hydrogen (secondary N) is 1. The van der Waals surface area contributed by atoms with Crippen LogP contribution in [0.2, 0.25) is 0 Å². The number of carbonyl (C=O) groups excluding carboxylic acids is 1. The lowest BCUT2D eigenvalue weighted by molar-refractivity contribution is -0.00100. The molecule has 320 valence electrons. The number of halogens is 2. The number of aryl methyl sites for hydroxylation is 2. The van der Waals surface area contributed by atoms with E-state index in [1.807, 2.05) is 92.7 Å². The minimum absolute atomic E-state index is 0. The number of hydrogen-bond donors (Lipinski definition) is 2. The molecule has 62 heavy (non-hydrogen) atoms. The van der Waals surface area contributed by atoms with Gasteiger partial charge in [0.1, 0.15) is 23.0 Å². The number of ether oxygens (including phenoxy) is 3. The lowest BCUT2D eigenvalue weighted by Gasteiger charge is -2.26. The van der Waals surface area contributed by atoms with Gasteiger partial charge in [0, 0.05) is 75.9 Å². The maximum Gasteiger partial charge on any atom is 0.338 e. The molecule has 0 aliphatic carbocycles. The molecule has 2 N–H and O–H groups in total. The predicted molar refractivity (Wildman–Crippen MR) is 242 cm³/mol. The third-order valence-corrected chi connectivity index (χ3v) is 10.9. The quantitative estimate of drug-likeness (QED) is 0.203. The van der Waals surface area contributed by atoms with E-state index in [1.165, 1.54) is 0 Å². The molecule has 0 atom stereocenters. The van der Waals surface area contributed by atoms with Crippen LogP contribution < -0.4 is 65.4 Å². The summed E-state index contributed by atoms with van der Waals surface area (Å²) in [6.07, 6.45) is 0. The number of carboxylic acid groups (broad SMARTS) is 1. The van der Waals surface area contributed by atoms with E-state index in [9.17, 15) is 14.7 Å². The molecule has 0 fully saturated rings. The van der Waals surface area contributed by atoms with Gasteiger partial charge in [-0.05, 0) is 123 Å². The summed E-state index contributed by atoms with van der Waals surface area (Å²) in [5.74, 6) is 1.64. The molecule has 0 saturated carbocycles. The number of anilines is 2. The number of nitrogens with zero attached hydrogens (tertiary/aromatic N) is 1. The van der Waals surface area contributed by atoms with Crippen molar-refractivity contribution in [2.45, 2.75) is 41.5 Å². The Labute approximate surface area is 375 Å². The predicted octanol–water partition coefficient (Wildman–Crippen LogP) is 2.68. The van der Waals surface area contributed by atoms with Crippen LogP contribution in [0.1, 0.15) is 81.8 Å². The molecule has 2 aliphatic heterocycles. The Morgan fingerprint density at radius 1 is 0.645 bits per heavy atom. The van der Waals surface area contributed by atoms with Crippen molar-refractivity contribution >= 4 is 47.6 Å². The van der Waals surface area contributed by atoms with Crippen LogP contribution in [0.4, 0.5) is 11.4 Å². The second kappa shape index (κ2) is 19.9. The first-order valence-corrected chi connectivity index (χ1v) is 20.4. The Bertz CT molecular complexity index is 2910. The summed E-state index contributed by atoms with van der Waals surface area (Å²) in [5, 5.41) is 16.7. The van der Waals surface area contributed by atoms with Crippen LogP contribution in [-0.2, 0) is 4.74 Å². The second-order valence-corrected chi connectivity index (χ2v) is 14.7. The highest BCUT2D eigenvalue weighted by Gasteiger charge is 2.27. The number of hydrogen-bond acceptors (Lipinski definition) is 7. The SMILES string of the molecule is C=c1cc2c(cc1C)=C(c1ccccc1C(=O)OCC)c1cc(C)c(NCC)cc1O2.C=c1ccc2c(c1)Oc1cc(N(CC)CC)ccc1C=2c1ccccc1C(=O)O.[Cl-].[Cl-]. The van der Waals surface area contributed by atoms with Crippen LogP contribution >= 0.6 is 0 Å². The van der Waals surface area contributed by atoms with Crippen LogP contribution in [0, 0.1) is 13.8 Å². The molecule has 0 spiro atoms. The number of carbonyl (C=O) groups is 2. The monoisotopic (exact) mass is 868 g/mol.